The van der Waals surface area contributed by atoms with Crippen LogP contribution in [0.5, 0.6) is 5.75 Å². The second kappa shape index (κ2) is 8.07. The van der Waals surface area contributed by atoms with Crippen LogP contribution in [0.1, 0.15) is 18.9 Å². The van der Waals surface area contributed by atoms with Crippen LogP contribution in [0, 0.1) is 6.08 Å². The van der Waals surface area contributed by atoms with Crippen molar-refractivity contribution in [3.8, 4) is 5.75 Å². The third-order valence-electron chi connectivity index (χ3n) is 2.89. The van der Waals surface area contributed by atoms with Crippen molar-refractivity contribution in [2.45, 2.75) is 18.2 Å². The summed E-state index contributed by atoms with van der Waals surface area (Å²) >= 11 is 6.87. The fourth-order valence-electron chi connectivity index (χ4n) is 1.93. The molecule has 0 saturated heterocycles. The van der Waals surface area contributed by atoms with Gasteiger partial charge >= 0.3 is 0 Å². The minimum atomic E-state index is -0.178. The Hall–Kier alpha value is 0.294. The van der Waals surface area contributed by atoms with E-state index in [0.29, 0.717) is 13.0 Å². The van der Waals surface area contributed by atoms with Crippen molar-refractivity contribution in [2.75, 3.05) is 13.7 Å². The Morgan fingerprint density at radius 2 is 2.20 bits per heavy atom. The van der Waals surface area contributed by atoms with Crippen molar-refractivity contribution >= 4 is 43.5 Å². The van der Waals surface area contributed by atoms with E-state index in [1.54, 1.807) is 11.9 Å². The Kier molecular flexibility index (Phi) is 7.40. The summed E-state index contributed by atoms with van der Waals surface area (Å²) in [5.74, 6) is 0.858. The number of carbonyl (C=O) groups excluding carboxylic acids is 1. The average Bonchev–Trinajstić information content (AvgIpc) is 2.38. The molecule has 0 aliphatic carbocycles. The van der Waals surface area contributed by atoms with E-state index >= 15 is 0 Å². The molecule has 20 heavy (non-hydrogen) atoms. The molecule has 1 aromatic carbocycles. The molecule has 1 amide bonds. The van der Waals surface area contributed by atoms with Gasteiger partial charge in [0.05, 0.1) is 11.4 Å². The summed E-state index contributed by atoms with van der Waals surface area (Å²) in [7, 11) is 1.76. The molecule has 1 radical (unpaired) electrons. The number of halogens is 2. The first-order valence-corrected chi connectivity index (χ1v) is 7.70. The van der Waals surface area contributed by atoms with Gasteiger partial charge in [-0.15, -0.1) is 17.3 Å². The number of benzene rings is 1. The van der Waals surface area contributed by atoms with Crippen LogP contribution in [-0.2, 0) is 37.5 Å². The Morgan fingerprint density at radius 1 is 1.50 bits per heavy atom. The Labute approximate surface area is 161 Å². The smallest absolute Gasteiger partial charge is 0.236 e. The second-order valence-electron chi connectivity index (χ2n) is 4.17. The van der Waals surface area contributed by atoms with Gasteiger partial charge in [0.2, 0.25) is 5.91 Å². The Balaban J connectivity index is 0.00000200. The van der Waals surface area contributed by atoms with Crippen LogP contribution < -0.4 is 4.74 Å². The summed E-state index contributed by atoms with van der Waals surface area (Å²) in [6, 6.07) is 5.75. The number of alkyl halides is 1. The van der Waals surface area contributed by atoms with Gasteiger partial charge in [-0.1, -0.05) is 42.8 Å². The molecular formula is C14H14Br2NO2Y-. The van der Waals surface area contributed by atoms with Crippen LogP contribution >= 0.6 is 31.9 Å². The summed E-state index contributed by atoms with van der Waals surface area (Å²) in [6.07, 6.45) is 3.84. The molecule has 3 nitrogen and oxygen atoms in total. The molecule has 0 bridgehead atoms. The van der Waals surface area contributed by atoms with Crippen LogP contribution in [0.15, 0.2) is 22.7 Å². The van der Waals surface area contributed by atoms with E-state index in [1.165, 1.54) is 0 Å². The number of carbonyl (C=O) groups is 1. The maximum Gasteiger partial charge on any atom is 0.236 e. The van der Waals surface area contributed by atoms with Gasteiger partial charge in [0.25, 0.3) is 0 Å². The Bertz CT molecular complexity index is 534. The summed E-state index contributed by atoms with van der Waals surface area (Å²) in [4.78, 5) is 13.4. The molecule has 0 fully saturated rings. The van der Waals surface area contributed by atoms with Gasteiger partial charge in [-0.2, -0.15) is 0 Å². The maximum atomic E-state index is 12.0. The van der Waals surface area contributed by atoms with Crippen LogP contribution in [0.25, 0.3) is 5.70 Å². The third kappa shape index (κ3) is 3.93. The van der Waals surface area contributed by atoms with Gasteiger partial charge in [-0.05, 0) is 19.1 Å². The quantitative estimate of drug-likeness (QED) is 0.492. The normalized spacial score (nSPS) is 18.4. The topological polar surface area (TPSA) is 29.5 Å². The maximum absolute atomic E-state index is 12.0. The SMILES string of the molecule is CCOc1ccc(C2=[C-]CC(Br)C(=O)N2C)c(Br)c1.[Y]. The monoisotopic (exact) mass is 475 g/mol. The van der Waals surface area contributed by atoms with E-state index in [2.05, 4.69) is 37.9 Å². The van der Waals surface area contributed by atoms with Gasteiger partial charge in [-0.25, -0.2) is 6.08 Å². The molecule has 105 valence electrons. The van der Waals surface area contributed by atoms with E-state index in [-0.39, 0.29) is 43.4 Å². The van der Waals surface area contributed by atoms with Gasteiger partial charge in [-0.3, -0.25) is 4.79 Å². The Morgan fingerprint density at radius 3 is 2.80 bits per heavy atom. The van der Waals surface area contributed by atoms with Crippen molar-refractivity contribution in [2.24, 2.45) is 0 Å². The molecule has 0 N–H and O–H groups in total. The summed E-state index contributed by atoms with van der Waals surface area (Å²) in [5, 5.41) is 0. The van der Waals surface area contributed by atoms with Crippen molar-refractivity contribution < 1.29 is 42.2 Å². The summed E-state index contributed by atoms with van der Waals surface area (Å²) in [5.41, 5.74) is 1.74. The number of ether oxygens (including phenoxy) is 1. The van der Waals surface area contributed by atoms with E-state index in [4.69, 9.17) is 4.74 Å². The number of rotatable bonds is 3. The van der Waals surface area contributed by atoms with E-state index in [9.17, 15) is 4.79 Å². The molecule has 0 spiro atoms. The van der Waals surface area contributed by atoms with Gasteiger partial charge in [0, 0.05) is 39.8 Å². The number of allylic oxidation sites excluding steroid dienone is 1. The first-order valence-electron chi connectivity index (χ1n) is 5.99. The van der Waals surface area contributed by atoms with Crippen LogP contribution in [0.4, 0.5) is 0 Å². The molecule has 1 heterocycles. The molecule has 6 heteroatoms. The van der Waals surface area contributed by atoms with Crippen molar-refractivity contribution in [3.05, 3.63) is 34.3 Å². The molecule has 1 aromatic rings. The number of amides is 1. The number of hydrogen-bond donors (Lipinski definition) is 0. The van der Waals surface area contributed by atoms with E-state index < -0.39 is 0 Å². The second-order valence-corrected chi connectivity index (χ2v) is 6.13. The van der Waals surface area contributed by atoms with E-state index in [1.807, 2.05) is 25.1 Å². The molecule has 0 aromatic heterocycles. The molecular weight excluding hydrogens is 463 g/mol. The molecule has 1 unspecified atom stereocenters. The number of hydrogen-bond acceptors (Lipinski definition) is 2. The van der Waals surface area contributed by atoms with Crippen LogP contribution in [-0.4, -0.2) is 29.3 Å². The summed E-state index contributed by atoms with van der Waals surface area (Å²) < 4.78 is 6.34. The van der Waals surface area contributed by atoms with Crippen LogP contribution in [0.3, 0.4) is 0 Å². The largest absolute Gasteiger partial charge is 0.494 e. The van der Waals surface area contributed by atoms with Gasteiger partial charge in [0.1, 0.15) is 5.75 Å². The van der Waals surface area contributed by atoms with Crippen molar-refractivity contribution in [1.29, 1.82) is 0 Å². The fraction of sp³-hybridized carbons (Fsp3) is 0.357. The first-order chi connectivity index (χ1) is 9.04. The van der Waals surface area contributed by atoms with Crippen LogP contribution in [0.2, 0.25) is 0 Å². The first kappa shape index (κ1) is 18.3. The third-order valence-corrected chi connectivity index (χ3v) is 4.26. The van der Waals surface area contributed by atoms with Gasteiger partial charge in [0.15, 0.2) is 0 Å². The zero-order valence-electron chi connectivity index (χ0n) is 11.3. The summed E-state index contributed by atoms with van der Waals surface area (Å²) in [6.45, 7) is 2.58. The van der Waals surface area contributed by atoms with Crippen molar-refractivity contribution in [3.63, 3.8) is 0 Å². The van der Waals surface area contributed by atoms with Gasteiger partial charge < -0.3 is 9.64 Å². The van der Waals surface area contributed by atoms with E-state index in [0.717, 1.165) is 21.5 Å². The predicted molar refractivity (Wildman–Crippen MR) is 82.1 cm³/mol. The zero-order chi connectivity index (χ0) is 14.0. The molecule has 0 saturated carbocycles. The zero-order valence-corrected chi connectivity index (χ0v) is 17.3. The predicted octanol–water partition coefficient (Wildman–Crippen LogP) is 3.61. The average molecular weight is 477 g/mol. The minimum Gasteiger partial charge on any atom is -0.494 e. The number of nitrogens with zero attached hydrogens (tertiary/aromatic N) is 1. The fourth-order valence-corrected chi connectivity index (χ4v) is 2.95. The molecule has 1 atom stereocenters. The minimum absolute atomic E-state index is 0. The van der Waals surface area contributed by atoms with Crippen molar-refractivity contribution in [1.82, 2.24) is 4.90 Å². The molecule has 1 aliphatic heterocycles. The molecule has 1 aliphatic rings. The standard InChI is InChI=1S/C14H14Br2NO2.Y/c1-3-19-9-4-5-10(12(16)8-9)13-7-6-11(15)14(18)17(13)2;/h4-5,8,11H,3,6H2,1-2H3;/q-1;. The molecule has 2 rings (SSSR count).